The zero-order valence-corrected chi connectivity index (χ0v) is 22.0. The average Bonchev–Trinajstić information content (AvgIpc) is 3.31. The van der Waals surface area contributed by atoms with Gasteiger partial charge in [-0.25, -0.2) is 22.2 Å². The molecule has 1 aromatic heterocycles. The number of aromatic nitrogens is 1. The Labute approximate surface area is 221 Å². The number of halogens is 4. The number of fused-ring (bicyclic) bond motifs is 1. The quantitative estimate of drug-likeness (QED) is 0.350. The maximum absolute atomic E-state index is 13.2. The highest BCUT2D eigenvalue weighted by Gasteiger charge is 2.37. The van der Waals surface area contributed by atoms with Crippen molar-refractivity contribution >= 4 is 37.3 Å². The van der Waals surface area contributed by atoms with Crippen molar-refractivity contribution in [3.8, 4) is 5.75 Å². The van der Waals surface area contributed by atoms with Gasteiger partial charge in [-0.15, -0.1) is 11.3 Å². The average molecular weight is 575 g/mol. The minimum atomic E-state index is -3.91. The molecule has 0 spiro atoms. The molecule has 7 nitrogen and oxygen atoms in total. The van der Waals surface area contributed by atoms with E-state index in [-0.39, 0.29) is 48.4 Å². The highest BCUT2D eigenvalue weighted by Crippen LogP contribution is 2.34. The van der Waals surface area contributed by atoms with E-state index in [0.717, 1.165) is 13.0 Å². The number of likely N-dealkylation sites (tertiary alicyclic amines) is 1. The van der Waals surface area contributed by atoms with Gasteiger partial charge in [-0.05, 0) is 56.0 Å². The number of hydrogen-bond donors (Lipinski definition) is 1. The van der Waals surface area contributed by atoms with Gasteiger partial charge in [-0.1, -0.05) is 12.1 Å². The summed E-state index contributed by atoms with van der Waals surface area (Å²) in [6.45, 7) is -2.42. The summed E-state index contributed by atoms with van der Waals surface area (Å²) in [6.07, 6.45) is -0.516. The first-order valence-electron chi connectivity index (χ1n) is 11.8. The molecule has 0 bridgehead atoms. The first-order valence-corrected chi connectivity index (χ1v) is 14.3. The highest BCUT2D eigenvalue weighted by atomic mass is 32.2. The molecule has 1 saturated heterocycles. The van der Waals surface area contributed by atoms with Crippen LogP contribution in [0.25, 0.3) is 10.2 Å². The molecule has 206 valence electrons. The molecule has 1 N–H and O–H groups in total. The van der Waals surface area contributed by atoms with Gasteiger partial charge >= 0.3 is 6.61 Å². The van der Waals surface area contributed by atoms with Crippen molar-refractivity contribution in [3.05, 3.63) is 53.0 Å². The molecule has 1 amide bonds. The fourth-order valence-electron chi connectivity index (χ4n) is 4.43. The van der Waals surface area contributed by atoms with Crippen LogP contribution in [0.2, 0.25) is 0 Å². The van der Waals surface area contributed by atoms with Crippen LogP contribution in [0.15, 0.2) is 46.8 Å². The Hall–Kier alpha value is -2.77. The van der Waals surface area contributed by atoms with Crippen LogP contribution >= 0.6 is 11.3 Å². The second-order valence-electron chi connectivity index (χ2n) is 9.51. The van der Waals surface area contributed by atoms with E-state index in [1.165, 1.54) is 39.9 Å². The summed E-state index contributed by atoms with van der Waals surface area (Å²) in [5.74, 6) is -4.58. The summed E-state index contributed by atoms with van der Waals surface area (Å²) in [5, 5.41) is 10.6. The number of amides is 1. The second-order valence-corrected chi connectivity index (χ2v) is 12.4. The standard InChI is InChI=1S/C25H26F4N2O5S2/c1-24(28,29)7-8-25(33)9-11-31(12-10-25)22(32)17-6-5-16(13-18(17)36-23(26)27)14-38(34,35)20-4-2-3-19-21(20)30-15-37-19/h2-6,13,15,23,33H,7-12,14H2,1H3. The summed E-state index contributed by atoms with van der Waals surface area (Å²) in [4.78, 5) is 18.6. The third kappa shape index (κ3) is 6.62. The Morgan fingerprint density at radius 1 is 1.24 bits per heavy atom. The van der Waals surface area contributed by atoms with E-state index >= 15 is 0 Å². The first kappa shape index (κ1) is 28.2. The van der Waals surface area contributed by atoms with Crippen molar-refractivity contribution < 1.29 is 40.6 Å². The summed E-state index contributed by atoms with van der Waals surface area (Å²) in [7, 11) is -3.91. The summed E-state index contributed by atoms with van der Waals surface area (Å²) < 4.78 is 84.3. The Balaban J connectivity index is 1.53. The third-order valence-electron chi connectivity index (χ3n) is 6.52. The molecule has 1 fully saturated rings. The van der Waals surface area contributed by atoms with Crippen molar-refractivity contribution in [1.29, 1.82) is 0 Å². The molecule has 0 saturated carbocycles. The number of nitrogens with zero attached hydrogens (tertiary/aromatic N) is 2. The summed E-state index contributed by atoms with van der Waals surface area (Å²) >= 11 is 1.29. The number of thiazole rings is 1. The van der Waals surface area contributed by atoms with Crippen LogP contribution in [0.3, 0.4) is 0 Å². The molecule has 4 rings (SSSR count). The number of alkyl halides is 4. The van der Waals surface area contributed by atoms with Crippen LogP contribution in [0.4, 0.5) is 17.6 Å². The predicted octanol–water partition coefficient (Wildman–Crippen LogP) is 5.27. The van der Waals surface area contributed by atoms with Gasteiger partial charge in [0.25, 0.3) is 5.91 Å². The molecule has 1 aliphatic heterocycles. The van der Waals surface area contributed by atoms with Crippen LogP contribution in [-0.4, -0.2) is 60.5 Å². The highest BCUT2D eigenvalue weighted by molar-refractivity contribution is 7.90. The van der Waals surface area contributed by atoms with Crippen LogP contribution < -0.4 is 4.74 Å². The van der Waals surface area contributed by atoms with E-state index in [1.807, 2.05) is 0 Å². The van der Waals surface area contributed by atoms with Gasteiger partial charge in [0.05, 0.1) is 37.5 Å². The van der Waals surface area contributed by atoms with Gasteiger partial charge < -0.3 is 14.7 Å². The van der Waals surface area contributed by atoms with Gasteiger partial charge in [0.15, 0.2) is 9.84 Å². The number of ether oxygens (including phenoxy) is 1. The lowest BCUT2D eigenvalue weighted by Gasteiger charge is -2.38. The number of sulfone groups is 1. The fraction of sp³-hybridized carbons (Fsp3) is 0.440. The molecule has 3 aromatic rings. The molecule has 38 heavy (non-hydrogen) atoms. The zero-order valence-electron chi connectivity index (χ0n) is 20.4. The van der Waals surface area contributed by atoms with Crippen molar-refractivity contribution in [2.24, 2.45) is 0 Å². The van der Waals surface area contributed by atoms with E-state index in [1.54, 1.807) is 12.1 Å². The van der Waals surface area contributed by atoms with Crippen molar-refractivity contribution in [2.45, 2.75) is 61.4 Å². The van der Waals surface area contributed by atoms with E-state index in [9.17, 15) is 35.9 Å². The van der Waals surface area contributed by atoms with Gasteiger partial charge in [-0.2, -0.15) is 8.78 Å². The molecule has 0 radical (unpaired) electrons. The third-order valence-corrected chi connectivity index (χ3v) is 9.03. The second kappa shape index (κ2) is 10.8. The lowest BCUT2D eigenvalue weighted by atomic mass is 9.86. The molecule has 2 heterocycles. The summed E-state index contributed by atoms with van der Waals surface area (Å²) in [6, 6.07) is 8.43. The predicted molar refractivity (Wildman–Crippen MR) is 134 cm³/mol. The largest absolute Gasteiger partial charge is 0.434 e. The van der Waals surface area contributed by atoms with Gasteiger partial charge in [0, 0.05) is 19.5 Å². The van der Waals surface area contributed by atoms with E-state index in [0.29, 0.717) is 10.2 Å². The summed E-state index contributed by atoms with van der Waals surface area (Å²) in [5.41, 5.74) is 0.438. The molecule has 13 heteroatoms. The number of rotatable bonds is 9. The van der Waals surface area contributed by atoms with Crippen LogP contribution in [-0.2, 0) is 15.6 Å². The van der Waals surface area contributed by atoms with Crippen LogP contribution in [0.1, 0.15) is 48.5 Å². The number of piperidine rings is 1. The lowest BCUT2D eigenvalue weighted by Crippen LogP contribution is -2.47. The molecular weight excluding hydrogens is 548 g/mol. The molecule has 0 aliphatic carbocycles. The van der Waals surface area contributed by atoms with E-state index < -0.39 is 51.8 Å². The maximum Gasteiger partial charge on any atom is 0.387 e. The van der Waals surface area contributed by atoms with Crippen LogP contribution in [0, 0.1) is 0 Å². The van der Waals surface area contributed by atoms with Crippen LogP contribution in [0.5, 0.6) is 5.75 Å². The zero-order chi connectivity index (χ0) is 27.7. The van der Waals surface area contributed by atoms with Gasteiger partial charge in [-0.3, -0.25) is 4.79 Å². The fourth-order valence-corrected chi connectivity index (χ4v) is 6.72. The minimum absolute atomic E-state index is 0.00868. The number of carbonyl (C=O) groups excluding carboxylic acids is 1. The normalized spacial score (nSPS) is 16.2. The van der Waals surface area contributed by atoms with E-state index in [4.69, 9.17) is 0 Å². The molecule has 0 unspecified atom stereocenters. The Morgan fingerprint density at radius 3 is 2.61 bits per heavy atom. The van der Waals surface area contributed by atoms with Crippen molar-refractivity contribution in [3.63, 3.8) is 0 Å². The minimum Gasteiger partial charge on any atom is -0.434 e. The number of carbonyl (C=O) groups is 1. The molecule has 0 atom stereocenters. The maximum atomic E-state index is 13.2. The molecule has 1 aliphatic rings. The molecule has 2 aromatic carbocycles. The van der Waals surface area contributed by atoms with Crippen molar-refractivity contribution in [1.82, 2.24) is 9.88 Å². The van der Waals surface area contributed by atoms with E-state index in [2.05, 4.69) is 9.72 Å². The first-order chi connectivity index (χ1) is 17.8. The Bertz CT molecular complexity index is 1410. The number of benzene rings is 2. The topological polar surface area (TPSA) is 96.8 Å². The van der Waals surface area contributed by atoms with Gasteiger partial charge in [0.1, 0.15) is 5.75 Å². The van der Waals surface area contributed by atoms with Crippen molar-refractivity contribution in [2.75, 3.05) is 13.1 Å². The molecular formula is C25H26F4N2O5S2. The number of para-hydroxylation sites is 1. The number of aliphatic hydroxyl groups is 1. The SMILES string of the molecule is CC(F)(F)CCC1(O)CCN(C(=O)c2ccc(CS(=O)(=O)c3cccc4scnc34)cc2OC(F)F)CC1. The Morgan fingerprint density at radius 2 is 1.95 bits per heavy atom. The van der Waals surface area contributed by atoms with Gasteiger partial charge in [0.2, 0.25) is 5.92 Å². The Kier molecular flexibility index (Phi) is 8.01. The smallest absolute Gasteiger partial charge is 0.387 e. The lowest BCUT2D eigenvalue weighted by molar-refractivity contribution is -0.0577. The monoisotopic (exact) mass is 574 g/mol. The number of hydrogen-bond acceptors (Lipinski definition) is 7.